The van der Waals surface area contributed by atoms with Crippen molar-refractivity contribution in [1.29, 1.82) is 0 Å². The van der Waals surface area contributed by atoms with Crippen LogP contribution in [0.3, 0.4) is 0 Å². The molecule has 0 amide bonds. The molecule has 6 heteroatoms. The lowest BCUT2D eigenvalue weighted by atomic mass is 10.6. The Bertz CT molecular complexity index is 148. The van der Waals surface area contributed by atoms with E-state index in [1.54, 1.807) is 6.92 Å². The fraction of sp³-hybridized carbons (Fsp3) is 0.571. The maximum atomic E-state index is 9.58. The number of hydrogen-bond acceptors (Lipinski definition) is 3. The zero-order valence-corrected chi connectivity index (χ0v) is 9.15. The maximum Gasteiger partial charge on any atom is 0.300 e. The van der Waals surface area contributed by atoms with Gasteiger partial charge in [0, 0.05) is 20.3 Å². The summed E-state index contributed by atoms with van der Waals surface area (Å²) < 4.78 is 0. The van der Waals surface area contributed by atoms with E-state index in [1.807, 2.05) is 0 Å². The summed E-state index contributed by atoms with van der Waals surface area (Å²) >= 11 is 9.46. The maximum absolute atomic E-state index is 9.58. The highest BCUT2D eigenvalue weighted by Crippen LogP contribution is 1.81. The number of carboxylic acids is 1. The van der Waals surface area contributed by atoms with Crippen molar-refractivity contribution in [2.75, 3.05) is 0 Å². The van der Waals surface area contributed by atoms with Gasteiger partial charge in [-0.3, -0.25) is 14.4 Å². The first-order valence-electron chi connectivity index (χ1n) is 3.27. The molecule has 1 N–H and O–H groups in total. The minimum absolute atomic E-state index is 0.273. The predicted octanol–water partition coefficient (Wildman–Crippen LogP) is 2.02. The molecule has 0 unspecified atom stereocenters. The van der Waals surface area contributed by atoms with Gasteiger partial charge in [0.15, 0.2) is 0 Å². The summed E-state index contributed by atoms with van der Waals surface area (Å²) in [5.74, 6) is -0.833. The summed E-state index contributed by atoms with van der Waals surface area (Å²) in [6, 6.07) is 0. The van der Waals surface area contributed by atoms with Crippen molar-refractivity contribution < 1.29 is 19.5 Å². The molecule has 0 aliphatic heterocycles. The van der Waals surface area contributed by atoms with Gasteiger partial charge in [0.05, 0.1) is 0 Å². The van der Waals surface area contributed by atoms with Crippen molar-refractivity contribution in [2.45, 2.75) is 27.2 Å². The number of hydrogen-bond donors (Lipinski definition) is 1. The van der Waals surface area contributed by atoms with Crippen LogP contribution < -0.4 is 0 Å². The lowest BCUT2D eigenvalue weighted by Crippen LogP contribution is -1.78. The summed E-state index contributed by atoms with van der Waals surface area (Å²) in [6.45, 7) is 4.09. The summed E-state index contributed by atoms with van der Waals surface area (Å²) in [7, 11) is 0. The first-order chi connectivity index (χ1) is 5.73. The highest BCUT2D eigenvalue weighted by Gasteiger charge is 1.81. The molecular weight excluding hydrogens is 219 g/mol. The van der Waals surface area contributed by atoms with Crippen LogP contribution in [0, 0.1) is 0 Å². The molecular formula is C7H12Cl2O4. The van der Waals surface area contributed by atoms with E-state index in [-0.39, 0.29) is 10.5 Å². The molecule has 0 heterocycles. The van der Waals surface area contributed by atoms with Gasteiger partial charge in [-0.15, -0.1) is 0 Å². The van der Waals surface area contributed by atoms with Gasteiger partial charge in [-0.05, 0) is 23.2 Å². The van der Waals surface area contributed by atoms with Crippen LogP contribution >= 0.6 is 23.2 Å². The fourth-order valence-electron chi connectivity index (χ4n) is 0. The van der Waals surface area contributed by atoms with E-state index in [9.17, 15) is 9.59 Å². The van der Waals surface area contributed by atoms with E-state index < -0.39 is 5.97 Å². The number of rotatable bonds is 1. The highest BCUT2D eigenvalue weighted by atomic mass is 35.5. The van der Waals surface area contributed by atoms with E-state index in [4.69, 9.17) is 21.5 Å². The summed E-state index contributed by atoms with van der Waals surface area (Å²) in [4.78, 5) is 27.8. The zero-order valence-electron chi connectivity index (χ0n) is 7.63. The lowest BCUT2D eigenvalue weighted by Gasteiger charge is -1.68. The van der Waals surface area contributed by atoms with Crippen molar-refractivity contribution in [2.24, 2.45) is 0 Å². The summed E-state index contributed by atoms with van der Waals surface area (Å²) in [5, 5.41) is 6.78. The van der Waals surface area contributed by atoms with Crippen LogP contribution in [0.15, 0.2) is 0 Å². The topological polar surface area (TPSA) is 71.4 Å². The van der Waals surface area contributed by atoms with Crippen molar-refractivity contribution >= 4 is 39.7 Å². The van der Waals surface area contributed by atoms with E-state index in [1.165, 1.54) is 6.92 Å². The third-order valence-corrected chi connectivity index (χ3v) is 0.545. The molecule has 0 spiro atoms. The first kappa shape index (κ1) is 18.2. The van der Waals surface area contributed by atoms with Crippen molar-refractivity contribution in [1.82, 2.24) is 0 Å². The Kier molecular flexibility index (Phi) is 19.6. The number of aliphatic carboxylic acids is 1. The molecule has 0 aromatic heterocycles. The van der Waals surface area contributed by atoms with Gasteiger partial charge in [0.2, 0.25) is 10.5 Å². The van der Waals surface area contributed by atoms with Crippen LogP contribution in [-0.2, 0) is 14.4 Å². The van der Waals surface area contributed by atoms with Gasteiger partial charge in [-0.2, -0.15) is 0 Å². The van der Waals surface area contributed by atoms with E-state index in [2.05, 4.69) is 11.6 Å². The Morgan fingerprint density at radius 2 is 1.23 bits per heavy atom. The second kappa shape index (κ2) is 13.9. The van der Waals surface area contributed by atoms with Gasteiger partial charge >= 0.3 is 0 Å². The zero-order chi connectivity index (χ0) is 11.4. The van der Waals surface area contributed by atoms with Gasteiger partial charge in [0.1, 0.15) is 0 Å². The molecule has 0 aliphatic rings. The smallest absolute Gasteiger partial charge is 0.300 e. The second-order valence-electron chi connectivity index (χ2n) is 1.70. The lowest BCUT2D eigenvalue weighted by molar-refractivity contribution is -0.134. The predicted molar refractivity (Wildman–Crippen MR) is 51.0 cm³/mol. The normalized spacial score (nSPS) is 6.85. The fourth-order valence-corrected chi connectivity index (χ4v) is 0. The minimum Gasteiger partial charge on any atom is -0.481 e. The monoisotopic (exact) mass is 230 g/mol. The van der Waals surface area contributed by atoms with Gasteiger partial charge < -0.3 is 5.11 Å². The van der Waals surface area contributed by atoms with Gasteiger partial charge in [0.25, 0.3) is 5.97 Å². The molecule has 0 atom stereocenters. The average Bonchev–Trinajstić information content (AvgIpc) is 1.84. The molecule has 0 saturated carbocycles. The van der Waals surface area contributed by atoms with E-state index in [0.29, 0.717) is 6.42 Å². The molecule has 4 nitrogen and oxygen atoms in total. The Labute approximate surface area is 86.8 Å². The molecule has 0 aliphatic carbocycles. The summed E-state index contributed by atoms with van der Waals surface area (Å²) in [5.41, 5.74) is 0. The highest BCUT2D eigenvalue weighted by molar-refractivity contribution is 6.63. The molecule has 0 radical (unpaired) electrons. The van der Waals surface area contributed by atoms with Crippen LogP contribution in [-0.4, -0.2) is 21.6 Å². The van der Waals surface area contributed by atoms with Crippen molar-refractivity contribution in [3.05, 3.63) is 0 Å². The van der Waals surface area contributed by atoms with E-state index in [0.717, 1.165) is 6.92 Å². The number of carboxylic acid groups (broad SMARTS) is 1. The second-order valence-corrected chi connectivity index (χ2v) is 2.65. The van der Waals surface area contributed by atoms with Gasteiger partial charge in [-0.25, -0.2) is 0 Å². The third-order valence-electron chi connectivity index (χ3n) is 0.278. The van der Waals surface area contributed by atoms with Crippen LogP contribution in [0.2, 0.25) is 0 Å². The number of carbonyl (C=O) groups is 3. The van der Waals surface area contributed by atoms with Crippen LogP contribution in [0.4, 0.5) is 0 Å². The van der Waals surface area contributed by atoms with Crippen LogP contribution in [0.1, 0.15) is 27.2 Å². The van der Waals surface area contributed by atoms with E-state index >= 15 is 0 Å². The Morgan fingerprint density at radius 3 is 1.23 bits per heavy atom. The Balaban J connectivity index is -0.000000117. The molecule has 0 aromatic carbocycles. The largest absolute Gasteiger partial charge is 0.481 e. The SMILES string of the molecule is CC(=O)Cl.CC(=O)O.CCC(=O)Cl. The minimum atomic E-state index is -0.833. The summed E-state index contributed by atoms with van der Waals surface area (Å²) in [6.07, 6.45) is 0.432. The molecule has 0 saturated heterocycles. The number of halogens is 2. The third kappa shape index (κ3) is 520. The molecule has 0 aromatic rings. The molecule has 0 fully saturated rings. The Hall–Kier alpha value is -0.610. The molecule has 0 rings (SSSR count). The average molecular weight is 231 g/mol. The van der Waals surface area contributed by atoms with Crippen molar-refractivity contribution in [3.8, 4) is 0 Å². The van der Waals surface area contributed by atoms with Gasteiger partial charge in [-0.1, -0.05) is 6.92 Å². The Morgan fingerprint density at radius 1 is 1.15 bits per heavy atom. The number of carbonyl (C=O) groups excluding carboxylic acids is 2. The van der Waals surface area contributed by atoms with Crippen LogP contribution in [0.25, 0.3) is 0 Å². The quantitative estimate of drug-likeness (QED) is 0.700. The molecule has 78 valence electrons. The standard InChI is InChI=1S/C3H5ClO.C2H3ClO.C2H4O2/c1-2-3(4)5;2*1-2(3)4/h2H2,1H3;1H3;1H3,(H,3,4). The van der Waals surface area contributed by atoms with Crippen molar-refractivity contribution in [3.63, 3.8) is 0 Å². The molecule has 13 heavy (non-hydrogen) atoms. The van der Waals surface area contributed by atoms with Crippen LogP contribution in [0.5, 0.6) is 0 Å². The first-order valence-corrected chi connectivity index (χ1v) is 4.03. The molecule has 0 bridgehead atoms.